The first kappa shape index (κ1) is 13.8. The number of hydrogen-bond donors (Lipinski definition) is 1. The Labute approximate surface area is 103 Å². The van der Waals surface area contributed by atoms with E-state index >= 15 is 0 Å². The fourth-order valence-corrected chi connectivity index (χ4v) is 1.59. The van der Waals surface area contributed by atoms with Gasteiger partial charge < -0.3 is 5.32 Å². The number of nitrogens with zero attached hydrogens (tertiary/aromatic N) is 1. The Hall–Kier alpha value is -2.24. The Morgan fingerprint density at radius 2 is 2.33 bits per heavy atom. The van der Waals surface area contributed by atoms with Gasteiger partial charge in [-0.2, -0.15) is 0 Å². The van der Waals surface area contributed by atoms with Crippen molar-refractivity contribution in [2.45, 2.75) is 19.4 Å². The predicted molar refractivity (Wildman–Crippen MR) is 64.4 cm³/mol. The van der Waals surface area contributed by atoms with Crippen molar-refractivity contribution in [2.75, 3.05) is 0 Å². The number of hydrogen-bond acceptors (Lipinski definition) is 3. The van der Waals surface area contributed by atoms with E-state index in [1.807, 2.05) is 0 Å². The Kier molecular flexibility index (Phi) is 4.53. The molecule has 0 aliphatic carbocycles. The molecule has 0 saturated heterocycles. The van der Waals surface area contributed by atoms with Crippen LogP contribution in [0.3, 0.4) is 0 Å². The molecular formula is C12H13FN2O3. The van der Waals surface area contributed by atoms with E-state index < -0.39 is 16.8 Å². The zero-order valence-corrected chi connectivity index (χ0v) is 9.85. The third-order valence-corrected chi connectivity index (χ3v) is 2.35. The molecule has 0 heterocycles. The maximum Gasteiger partial charge on any atom is 0.272 e. The Morgan fingerprint density at radius 3 is 2.78 bits per heavy atom. The molecule has 0 bridgehead atoms. The highest BCUT2D eigenvalue weighted by molar-refractivity contribution is 5.73. The minimum atomic E-state index is -0.718. The van der Waals surface area contributed by atoms with Crippen molar-refractivity contribution in [3.63, 3.8) is 0 Å². The number of nitro groups is 1. The quantitative estimate of drug-likeness (QED) is 0.497. The van der Waals surface area contributed by atoms with Crippen LogP contribution in [0.15, 0.2) is 30.9 Å². The zero-order chi connectivity index (χ0) is 13.7. The largest absolute Gasteiger partial charge is 0.349 e. The molecule has 1 rings (SSSR count). The lowest BCUT2D eigenvalue weighted by atomic mass is 10.0. The number of halogens is 1. The smallest absolute Gasteiger partial charge is 0.272 e. The summed E-state index contributed by atoms with van der Waals surface area (Å²) in [7, 11) is 0. The molecule has 1 atom stereocenters. The van der Waals surface area contributed by atoms with E-state index in [0.717, 1.165) is 6.07 Å². The third-order valence-electron chi connectivity index (χ3n) is 2.35. The van der Waals surface area contributed by atoms with E-state index in [1.54, 1.807) is 6.08 Å². The summed E-state index contributed by atoms with van der Waals surface area (Å²) in [6.45, 7) is 4.85. The van der Waals surface area contributed by atoms with Gasteiger partial charge in [-0.05, 0) is 12.5 Å². The van der Waals surface area contributed by atoms with Gasteiger partial charge in [0.1, 0.15) is 5.82 Å². The van der Waals surface area contributed by atoms with Crippen molar-refractivity contribution in [2.24, 2.45) is 0 Å². The minimum Gasteiger partial charge on any atom is -0.349 e. The van der Waals surface area contributed by atoms with Gasteiger partial charge in [-0.25, -0.2) is 4.39 Å². The van der Waals surface area contributed by atoms with Crippen LogP contribution in [0, 0.1) is 15.9 Å². The lowest BCUT2D eigenvalue weighted by molar-refractivity contribution is -0.385. The van der Waals surface area contributed by atoms with E-state index in [-0.39, 0.29) is 17.2 Å². The average molecular weight is 252 g/mol. The number of carbonyl (C=O) groups excluding carboxylic acids is 1. The summed E-state index contributed by atoms with van der Waals surface area (Å²) < 4.78 is 13.7. The molecular weight excluding hydrogens is 239 g/mol. The highest BCUT2D eigenvalue weighted by atomic mass is 19.1. The second kappa shape index (κ2) is 5.90. The molecule has 0 radical (unpaired) electrons. The fourth-order valence-electron chi connectivity index (χ4n) is 1.59. The van der Waals surface area contributed by atoms with Crippen LogP contribution in [0.4, 0.5) is 10.1 Å². The van der Waals surface area contributed by atoms with Crippen molar-refractivity contribution in [3.8, 4) is 0 Å². The van der Waals surface area contributed by atoms with E-state index in [4.69, 9.17) is 0 Å². The first-order valence-electron chi connectivity index (χ1n) is 5.27. The molecule has 1 aromatic carbocycles. The lowest BCUT2D eigenvalue weighted by Crippen LogP contribution is -2.26. The molecule has 0 saturated carbocycles. The monoisotopic (exact) mass is 252 g/mol. The van der Waals surface area contributed by atoms with Crippen LogP contribution in [0.25, 0.3) is 0 Å². The predicted octanol–water partition coefficient (Wildman–Crippen LogP) is 2.49. The van der Waals surface area contributed by atoms with Crippen molar-refractivity contribution < 1.29 is 14.1 Å². The number of rotatable bonds is 5. The Balaban J connectivity index is 3.08. The van der Waals surface area contributed by atoms with Gasteiger partial charge in [0.2, 0.25) is 5.91 Å². The summed E-state index contributed by atoms with van der Waals surface area (Å²) >= 11 is 0. The molecule has 1 aromatic rings. The topological polar surface area (TPSA) is 72.2 Å². The molecule has 1 amide bonds. The summed E-state index contributed by atoms with van der Waals surface area (Å²) in [5.41, 5.74) is -0.118. The molecule has 1 N–H and O–H groups in total. The molecule has 1 unspecified atom stereocenters. The van der Waals surface area contributed by atoms with Gasteiger partial charge in [0.15, 0.2) is 0 Å². The van der Waals surface area contributed by atoms with Crippen LogP contribution < -0.4 is 5.32 Å². The van der Waals surface area contributed by atoms with Crippen LogP contribution in [-0.2, 0) is 4.79 Å². The fraction of sp³-hybridized carbons (Fsp3) is 0.250. The highest BCUT2D eigenvalue weighted by Crippen LogP contribution is 2.24. The van der Waals surface area contributed by atoms with Gasteiger partial charge in [0, 0.05) is 18.6 Å². The van der Waals surface area contributed by atoms with E-state index in [0.29, 0.717) is 6.42 Å². The zero-order valence-electron chi connectivity index (χ0n) is 9.85. The molecule has 0 aliphatic heterocycles. The number of nitro benzene ring substituents is 1. The average Bonchev–Trinajstić information content (AvgIpc) is 2.27. The van der Waals surface area contributed by atoms with Crippen LogP contribution in [0.2, 0.25) is 0 Å². The standard InChI is InChI=1S/C12H13FN2O3/c1-3-4-12(14-8(2)16)10-6-5-9(15(17)18)7-11(10)13/h3,5-7,12H,1,4H2,2H3,(H,14,16). The second-order valence-electron chi connectivity index (χ2n) is 3.74. The lowest BCUT2D eigenvalue weighted by Gasteiger charge is -2.17. The van der Waals surface area contributed by atoms with Gasteiger partial charge in [-0.1, -0.05) is 6.08 Å². The normalized spacial score (nSPS) is 11.7. The minimum absolute atomic E-state index is 0.204. The summed E-state index contributed by atoms with van der Waals surface area (Å²) in [6, 6.07) is 2.78. The number of non-ortho nitro benzene ring substituents is 1. The van der Waals surface area contributed by atoms with Gasteiger partial charge in [-0.3, -0.25) is 14.9 Å². The summed E-state index contributed by atoms with van der Waals surface area (Å²) in [6.07, 6.45) is 1.88. The van der Waals surface area contributed by atoms with Crippen molar-refractivity contribution in [1.29, 1.82) is 0 Å². The number of nitrogens with one attached hydrogen (secondary N) is 1. The summed E-state index contributed by atoms with van der Waals surface area (Å²) in [5.74, 6) is -1.02. The molecule has 5 nitrogen and oxygen atoms in total. The molecule has 18 heavy (non-hydrogen) atoms. The van der Waals surface area contributed by atoms with Crippen molar-refractivity contribution in [3.05, 3.63) is 52.3 Å². The van der Waals surface area contributed by atoms with Crippen LogP contribution in [0.1, 0.15) is 24.9 Å². The summed E-state index contributed by atoms with van der Waals surface area (Å²) in [4.78, 5) is 20.8. The SMILES string of the molecule is C=CCC(NC(C)=O)c1ccc([N+](=O)[O-])cc1F. The van der Waals surface area contributed by atoms with E-state index in [2.05, 4.69) is 11.9 Å². The molecule has 0 spiro atoms. The number of amides is 1. The van der Waals surface area contributed by atoms with E-state index in [1.165, 1.54) is 19.1 Å². The molecule has 6 heteroatoms. The number of carbonyl (C=O) groups is 1. The highest BCUT2D eigenvalue weighted by Gasteiger charge is 2.18. The van der Waals surface area contributed by atoms with E-state index in [9.17, 15) is 19.3 Å². The number of benzene rings is 1. The first-order chi connectivity index (χ1) is 8.45. The molecule has 0 aliphatic rings. The van der Waals surface area contributed by atoms with Crippen LogP contribution in [0.5, 0.6) is 0 Å². The molecule has 0 fully saturated rings. The summed E-state index contributed by atoms with van der Waals surface area (Å²) in [5, 5.41) is 13.1. The van der Waals surface area contributed by atoms with Gasteiger partial charge >= 0.3 is 0 Å². The maximum absolute atomic E-state index is 13.7. The van der Waals surface area contributed by atoms with Crippen LogP contribution in [-0.4, -0.2) is 10.8 Å². The van der Waals surface area contributed by atoms with Gasteiger partial charge in [0.05, 0.1) is 17.0 Å². The van der Waals surface area contributed by atoms with Crippen molar-refractivity contribution >= 4 is 11.6 Å². The molecule has 96 valence electrons. The van der Waals surface area contributed by atoms with Crippen molar-refractivity contribution in [1.82, 2.24) is 5.32 Å². The van der Waals surface area contributed by atoms with Crippen LogP contribution >= 0.6 is 0 Å². The maximum atomic E-state index is 13.7. The molecule has 0 aromatic heterocycles. The second-order valence-corrected chi connectivity index (χ2v) is 3.74. The third kappa shape index (κ3) is 3.38. The Bertz CT molecular complexity index is 488. The first-order valence-corrected chi connectivity index (χ1v) is 5.27. The van der Waals surface area contributed by atoms with Gasteiger partial charge in [-0.15, -0.1) is 6.58 Å². The van der Waals surface area contributed by atoms with Gasteiger partial charge in [0.25, 0.3) is 5.69 Å². The Morgan fingerprint density at radius 1 is 1.67 bits per heavy atom.